The van der Waals surface area contributed by atoms with Crippen molar-refractivity contribution in [2.24, 2.45) is 17.8 Å². The topological polar surface area (TPSA) is 326 Å². The fraction of sp³-hybridized carbons (Fsp3) is 0.671. The number of carbonyl (C=O) groups is 12. The fourth-order valence-electron chi connectivity index (χ4n) is 12.4. The lowest BCUT2D eigenvalue weighted by Gasteiger charge is -2.38. The van der Waals surface area contributed by atoms with E-state index in [-0.39, 0.29) is 57.1 Å². The summed E-state index contributed by atoms with van der Waals surface area (Å²) in [6.07, 6.45) is 0.392. The van der Waals surface area contributed by atoms with Crippen molar-refractivity contribution in [3.8, 4) is 5.75 Å². The summed E-state index contributed by atoms with van der Waals surface area (Å²) in [6.45, 7) is 21.3. The summed E-state index contributed by atoms with van der Waals surface area (Å²) in [5.74, 6) is -9.62. The molecule has 12 atom stereocenters. The van der Waals surface area contributed by atoms with E-state index in [0.717, 1.165) is 16.2 Å². The molecule has 0 aromatic heterocycles. The number of amides is 12. The van der Waals surface area contributed by atoms with Gasteiger partial charge in [0, 0.05) is 54.7 Å². The molecule has 2 fully saturated rings. The van der Waals surface area contributed by atoms with Gasteiger partial charge in [0.25, 0.3) is 0 Å². The first kappa shape index (κ1) is 84.2. The van der Waals surface area contributed by atoms with E-state index in [0.29, 0.717) is 43.7 Å². The molecular weight excluding hydrogens is 1280 g/mol. The highest BCUT2D eigenvalue weighted by molar-refractivity contribution is 6.00. The number of hydrogen-bond donors (Lipinski definition) is 6. The van der Waals surface area contributed by atoms with E-state index >= 15 is 24.0 Å². The van der Waals surface area contributed by atoms with Crippen molar-refractivity contribution in [2.45, 2.75) is 226 Å². The summed E-state index contributed by atoms with van der Waals surface area (Å²) in [7, 11) is 6.90. The van der Waals surface area contributed by atoms with Crippen molar-refractivity contribution >= 4 is 70.9 Å². The zero-order chi connectivity index (χ0) is 75.0. The SMILES string of the molecule is CC[C@H](C)[C@@H]1NC(=O)[C@H](CC(C)C)N(C)C(=O)[C@@H](C)NC(=O)C[C@@H](C(=O)N2CCCCC2)NC(=O)[C@H](CC)N(C)C(=O)[C@H](Cc2ccccc2)N(C)C(=O)[C@H](COC(C)(C)C)NC(=O)[C@H](CC(C)C)N(C)C(=O)[C@H](CC)N(C)C(=O)[C@H]([C@@H](C)O)NC(=O)CN(CCOc2ccccc2)C1=O. The van der Waals surface area contributed by atoms with Gasteiger partial charge in [-0.05, 0) is 115 Å². The number of piperidine rings is 1. The minimum Gasteiger partial charge on any atom is -0.492 e. The van der Waals surface area contributed by atoms with Crippen LogP contribution in [0.3, 0.4) is 0 Å². The van der Waals surface area contributed by atoms with Gasteiger partial charge >= 0.3 is 0 Å². The zero-order valence-corrected chi connectivity index (χ0v) is 62.5. The normalized spacial score (nSPS) is 25.3. The van der Waals surface area contributed by atoms with Crippen LogP contribution in [0.4, 0.5) is 0 Å². The van der Waals surface area contributed by atoms with Crippen molar-refractivity contribution in [3.63, 3.8) is 0 Å². The summed E-state index contributed by atoms with van der Waals surface area (Å²) in [5.41, 5.74) is -0.231. The maximum absolute atomic E-state index is 15.3. The minimum absolute atomic E-state index is 0.0000352. The lowest BCUT2D eigenvalue weighted by atomic mass is 9.95. The average Bonchev–Trinajstić information content (AvgIpc) is 0.819. The number of carbonyl (C=O) groups excluding carboxylic acids is 12. The first-order chi connectivity index (χ1) is 47.0. The molecule has 6 N–H and O–H groups in total. The summed E-state index contributed by atoms with van der Waals surface area (Å²) in [5, 5.41) is 25.1. The third-order valence-electron chi connectivity index (χ3n) is 18.6. The largest absolute Gasteiger partial charge is 0.492 e. The molecule has 2 aliphatic heterocycles. The minimum atomic E-state index is -1.70. The number of benzene rings is 2. The number of rotatable bonds is 18. The zero-order valence-electron chi connectivity index (χ0n) is 62.5. The van der Waals surface area contributed by atoms with Gasteiger partial charge in [0.05, 0.1) is 37.8 Å². The van der Waals surface area contributed by atoms with Crippen LogP contribution in [0.25, 0.3) is 0 Å². The number of likely N-dealkylation sites (N-methyl/N-ethyl adjacent to an activating group) is 5. The fourth-order valence-corrected chi connectivity index (χ4v) is 12.4. The Hall–Kier alpha value is -8.20. The van der Waals surface area contributed by atoms with Crippen molar-refractivity contribution in [1.29, 1.82) is 0 Å². The molecule has 27 heteroatoms. The van der Waals surface area contributed by atoms with Crippen LogP contribution in [-0.4, -0.2) is 257 Å². The van der Waals surface area contributed by atoms with E-state index in [9.17, 15) is 38.7 Å². The van der Waals surface area contributed by atoms with Crippen LogP contribution in [0.5, 0.6) is 5.75 Å². The van der Waals surface area contributed by atoms with Crippen LogP contribution in [-0.2, 0) is 68.7 Å². The van der Waals surface area contributed by atoms with Crippen LogP contribution >= 0.6 is 0 Å². The molecular formula is C73H116N12O15. The number of nitrogens with one attached hydrogen (secondary N) is 5. The molecule has 0 unspecified atom stereocenters. The number of likely N-dealkylation sites (tertiary alicyclic amines) is 1. The third-order valence-corrected chi connectivity index (χ3v) is 18.6. The van der Waals surface area contributed by atoms with Crippen molar-refractivity contribution in [1.82, 2.24) is 60.9 Å². The molecule has 27 nitrogen and oxygen atoms in total. The van der Waals surface area contributed by atoms with Gasteiger partial charge in [-0.25, -0.2) is 0 Å². The van der Waals surface area contributed by atoms with Gasteiger partial charge in [0.2, 0.25) is 70.9 Å². The van der Waals surface area contributed by atoms with E-state index in [1.165, 1.54) is 68.7 Å². The maximum Gasteiger partial charge on any atom is 0.248 e. The standard InChI is InChI=1S/C73H116N12O15/c1-19-47(8)61-72(98)85(37-38-99-51-33-27-23-28-34-51)43-60(88)77-62(49(10)86)71(97)80(15)55(21-3)69(95)82(17)56(39-45(4)5)64(90)76-53(44-100-73(11,12)13)67(93)83(18)58(41-50-31-25-22-26-32-50)70(96)79(14)54(20-2)63(89)75-52(68(94)84-35-29-24-30-36-84)42-59(87)74-48(9)66(92)81(16)57(40-46(6)7)65(91)78-61/h22-23,25-28,31-34,45-49,52-58,61-62,86H,19-21,24,29-30,35-44H2,1-18H3,(H,74,87)(H,75,89)(H,76,90)(H,77,88)(H,78,91)/t47-,48+,49+,52-,53-,54-,55-,56-,57-,58-,61-,62-/m0/s1. The predicted octanol–water partition coefficient (Wildman–Crippen LogP) is 3.29. The number of nitrogens with zero attached hydrogens (tertiary/aromatic N) is 7. The van der Waals surface area contributed by atoms with Crippen LogP contribution in [0, 0.1) is 17.8 Å². The molecule has 0 radical (unpaired) electrons. The number of ether oxygens (including phenoxy) is 2. The van der Waals surface area contributed by atoms with Gasteiger partial charge in [-0.15, -0.1) is 0 Å². The summed E-state index contributed by atoms with van der Waals surface area (Å²) in [4.78, 5) is 187. The molecule has 2 aliphatic rings. The third kappa shape index (κ3) is 24.6. The average molecular weight is 1400 g/mol. The van der Waals surface area contributed by atoms with Crippen molar-refractivity contribution < 1.29 is 72.1 Å². The highest BCUT2D eigenvalue weighted by Gasteiger charge is 2.44. The Morgan fingerprint density at radius 2 is 1.06 bits per heavy atom. The molecule has 0 spiro atoms. The van der Waals surface area contributed by atoms with Gasteiger partial charge in [-0.1, -0.05) is 110 Å². The molecule has 0 bridgehead atoms. The Labute approximate surface area is 592 Å². The second-order valence-corrected chi connectivity index (χ2v) is 28.6. The summed E-state index contributed by atoms with van der Waals surface area (Å²) < 4.78 is 12.2. The molecule has 558 valence electrons. The summed E-state index contributed by atoms with van der Waals surface area (Å²) >= 11 is 0. The quantitative estimate of drug-likeness (QED) is 0.125. The van der Waals surface area contributed by atoms with Gasteiger partial charge in [-0.3, -0.25) is 57.5 Å². The van der Waals surface area contributed by atoms with E-state index in [1.807, 2.05) is 27.7 Å². The Morgan fingerprint density at radius 3 is 1.59 bits per heavy atom. The molecule has 0 saturated carbocycles. The first-order valence-electron chi connectivity index (χ1n) is 35.4. The molecule has 100 heavy (non-hydrogen) atoms. The van der Waals surface area contributed by atoms with Crippen molar-refractivity contribution in [2.75, 3.05) is 74.6 Å². The smallest absolute Gasteiger partial charge is 0.248 e. The molecule has 2 heterocycles. The van der Waals surface area contributed by atoms with Gasteiger partial charge in [0.15, 0.2) is 0 Å². The Kier molecular flexibility index (Phi) is 33.4. The number of aliphatic hydroxyl groups is 1. The van der Waals surface area contributed by atoms with E-state index in [2.05, 4.69) is 26.6 Å². The lowest BCUT2D eigenvalue weighted by molar-refractivity contribution is -0.152. The molecule has 2 aromatic rings. The maximum atomic E-state index is 15.3. The molecule has 12 amide bonds. The second kappa shape index (κ2) is 39.7. The van der Waals surface area contributed by atoms with E-state index in [4.69, 9.17) is 9.47 Å². The Bertz CT molecular complexity index is 3070. The molecule has 0 aliphatic carbocycles. The Morgan fingerprint density at radius 1 is 0.560 bits per heavy atom. The second-order valence-electron chi connectivity index (χ2n) is 28.6. The molecule has 2 saturated heterocycles. The molecule has 4 rings (SSSR count). The van der Waals surface area contributed by atoms with Crippen LogP contribution < -0.4 is 31.3 Å². The van der Waals surface area contributed by atoms with Crippen LogP contribution in [0.1, 0.15) is 153 Å². The highest BCUT2D eigenvalue weighted by atomic mass is 16.5. The van der Waals surface area contributed by atoms with Crippen molar-refractivity contribution in [3.05, 3.63) is 66.2 Å². The number of para-hydroxylation sites is 1. The summed E-state index contributed by atoms with van der Waals surface area (Å²) in [6, 6.07) is 3.79. The lowest BCUT2D eigenvalue weighted by Crippen LogP contribution is -2.62. The van der Waals surface area contributed by atoms with E-state index in [1.54, 1.807) is 114 Å². The van der Waals surface area contributed by atoms with Gasteiger partial charge in [0.1, 0.15) is 72.8 Å². The van der Waals surface area contributed by atoms with Gasteiger partial charge < -0.3 is 75.5 Å². The van der Waals surface area contributed by atoms with Crippen LogP contribution in [0.2, 0.25) is 0 Å². The van der Waals surface area contributed by atoms with E-state index < -0.39 is 168 Å². The predicted molar refractivity (Wildman–Crippen MR) is 378 cm³/mol. The van der Waals surface area contributed by atoms with Crippen LogP contribution in [0.15, 0.2) is 60.7 Å². The Balaban J connectivity index is 1.94. The number of aliphatic hydroxyl groups excluding tert-OH is 1. The van der Waals surface area contributed by atoms with Gasteiger partial charge in [-0.2, -0.15) is 0 Å². The first-order valence-corrected chi connectivity index (χ1v) is 35.4. The molecule has 2 aromatic carbocycles. The number of hydrogen-bond acceptors (Lipinski definition) is 15. The monoisotopic (exact) mass is 1400 g/mol. The highest BCUT2D eigenvalue weighted by Crippen LogP contribution is 2.23.